The number of piperidine rings is 1. The van der Waals surface area contributed by atoms with Gasteiger partial charge in [0, 0.05) is 12.3 Å². The van der Waals surface area contributed by atoms with Crippen LogP contribution >= 0.6 is 11.8 Å². The minimum absolute atomic E-state index is 0.0746. The SMILES string of the molecule is O=C(NCc1ccc2c(c1)OCO2)C1CSC2(CCNCC2)N1. The van der Waals surface area contributed by atoms with E-state index in [1.165, 1.54) is 0 Å². The van der Waals surface area contributed by atoms with Crippen LogP contribution in [0.1, 0.15) is 18.4 Å². The van der Waals surface area contributed by atoms with Crippen LogP contribution in [0.15, 0.2) is 18.2 Å². The molecule has 124 valence electrons. The standard InChI is InChI=1S/C16H21N3O3S/c20-15(12-9-23-16(19-12)3-5-17-6-4-16)18-8-11-1-2-13-14(7-11)22-10-21-13/h1-2,7,12,17,19H,3-6,8-10H2,(H,18,20). The van der Waals surface area contributed by atoms with Crippen molar-refractivity contribution in [2.75, 3.05) is 25.6 Å². The first-order valence-electron chi connectivity index (χ1n) is 8.03. The molecule has 0 bridgehead atoms. The van der Waals surface area contributed by atoms with Gasteiger partial charge in [-0.05, 0) is 43.6 Å². The fourth-order valence-electron chi connectivity index (χ4n) is 3.27. The average Bonchev–Trinajstić information content (AvgIpc) is 3.20. The molecule has 1 aromatic rings. The van der Waals surface area contributed by atoms with Gasteiger partial charge in [0.1, 0.15) is 0 Å². The zero-order valence-electron chi connectivity index (χ0n) is 12.9. The van der Waals surface area contributed by atoms with Gasteiger partial charge in [-0.2, -0.15) is 0 Å². The number of benzene rings is 1. The molecule has 7 heteroatoms. The number of amides is 1. The molecular formula is C16H21N3O3S. The highest BCUT2D eigenvalue weighted by molar-refractivity contribution is 8.01. The number of carbonyl (C=O) groups is 1. The zero-order chi connectivity index (χ0) is 15.7. The number of hydrogen-bond donors (Lipinski definition) is 3. The third-order valence-corrected chi connectivity index (χ3v) is 6.17. The first-order valence-corrected chi connectivity index (χ1v) is 9.01. The Morgan fingerprint density at radius 2 is 2.13 bits per heavy atom. The molecule has 1 amide bonds. The fourth-order valence-corrected chi connectivity index (χ4v) is 4.71. The summed E-state index contributed by atoms with van der Waals surface area (Å²) in [5.41, 5.74) is 1.02. The number of fused-ring (bicyclic) bond motifs is 1. The van der Waals surface area contributed by atoms with Crippen molar-refractivity contribution in [2.45, 2.75) is 30.3 Å². The van der Waals surface area contributed by atoms with Gasteiger partial charge < -0.3 is 20.1 Å². The van der Waals surface area contributed by atoms with E-state index in [0.717, 1.165) is 48.7 Å². The molecule has 0 radical (unpaired) electrons. The van der Waals surface area contributed by atoms with Gasteiger partial charge in [0.05, 0.1) is 10.9 Å². The Bertz CT molecular complexity index is 604. The maximum Gasteiger partial charge on any atom is 0.238 e. The van der Waals surface area contributed by atoms with Crippen molar-refractivity contribution < 1.29 is 14.3 Å². The van der Waals surface area contributed by atoms with Crippen LogP contribution in [0, 0.1) is 0 Å². The Hall–Kier alpha value is -1.44. The monoisotopic (exact) mass is 335 g/mol. The van der Waals surface area contributed by atoms with Gasteiger partial charge in [0.15, 0.2) is 11.5 Å². The molecule has 3 aliphatic rings. The van der Waals surface area contributed by atoms with E-state index in [2.05, 4.69) is 16.0 Å². The largest absolute Gasteiger partial charge is 0.454 e. The first kappa shape index (κ1) is 15.1. The second-order valence-electron chi connectivity index (χ2n) is 6.16. The van der Waals surface area contributed by atoms with Crippen molar-refractivity contribution in [1.29, 1.82) is 0 Å². The lowest BCUT2D eigenvalue weighted by Gasteiger charge is -2.33. The summed E-state index contributed by atoms with van der Waals surface area (Å²) < 4.78 is 10.7. The quantitative estimate of drug-likeness (QED) is 0.760. The lowest BCUT2D eigenvalue weighted by molar-refractivity contribution is -0.122. The van der Waals surface area contributed by atoms with E-state index in [-0.39, 0.29) is 23.6 Å². The highest BCUT2D eigenvalue weighted by atomic mass is 32.2. The van der Waals surface area contributed by atoms with E-state index in [1.54, 1.807) is 0 Å². The molecule has 2 fully saturated rings. The van der Waals surface area contributed by atoms with Crippen LogP contribution in [0.3, 0.4) is 0 Å². The minimum Gasteiger partial charge on any atom is -0.454 e. The summed E-state index contributed by atoms with van der Waals surface area (Å²) in [5.74, 6) is 2.43. The second kappa shape index (κ2) is 6.22. The van der Waals surface area contributed by atoms with Gasteiger partial charge in [-0.1, -0.05) is 6.07 Å². The summed E-state index contributed by atoms with van der Waals surface area (Å²) in [7, 11) is 0. The maximum atomic E-state index is 12.4. The maximum absolute atomic E-state index is 12.4. The van der Waals surface area contributed by atoms with E-state index < -0.39 is 0 Å². The third-order valence-electron chi connectivity index (χ3n) is 4.60. The molecule has 0 aliphatic carbocycles. The van der Waals surface area contributed by atoms with E-state index in [4.69, 9.17) is 9.47 Å². The number of rotatable bonds is 3. The van der Waals surface area contributed by atoms with Crippen LogP contribution in [0.4, 0.5) is 0 Å². The topological polar surface area (TPSA) is 71.6 Å². The highest BCUT2D eigenvalue weighted by Gasteiger charge is 2.42. The molecule has 2 saturated heterocycles. The fraction of sp³-hybridized carbons (Fsp3) is 0.562. The molecule has 1 unspecified atom stereocenters. The Kier molecular flexibility index (Phi) is 4.09. The summed E-state index contributed by atoms with van der Waals surface area (Å²) in [6.07, 6.45) is 2.15. The van der Waals surface area contributed by atoms with E-state index in [1.807, 2.05) is 30.0 Å². The van der Waals surface area contributed by atoms with Crippen LogP contribution in [0.5, 0.6) is 11.5 Å². The number of ether oxygens (including phenoxy) is 2. The first-order chi connectivity index (χ1) is 11.2. The van der Waals surface area contributed by atoms with Crippen molar-refractivity contribution in [3.05, 3.63) is 23.8 Å². The van der Waals surface area contributed by atoms with Gasteiger partial charge >= 0.3 is 0 Å². The predicted molar refractivity (Wildman–Crippen MR) is 88.6 cm³/mol. The molecular weight excluding hydrogens is 314 g/mol. The summed E-state index contributed by atoms with van der Waals surface area (Å²) >= 11 is 1.89. The number of thioether (sulfide) groups is 1. The van der Waals surface area contributed by atoms with Crippen LogP contribution < -0.4 is 25.4 Å². The van der Waals surface area contributed by atoms with Crippen LogP contribution in [-0.4, -0.2) is 42.5 Å². The highest BCUT2D eigenvalue weighted by Crippen LogP contribution is 2.37. The molecule has 6 nitrogen and oxygen atoms in total. The molecule has 1 atom stereocenters. The van der Waals surface area contributed by atoms with Crippen LogP contribution in [0.25, 0.3) is 0 Å². The molecule has 1 aromatic carbocycles. The van der Waals surface area contributed by atoms with Crippen molar-refractivity contribution in [3.8, 4) is 11.5 Å². The molecule has 0 aromatic heterocycles. The molecule has 3 N–H and O–H groups in total. The second-order valence-corrected chi connectivity index (χ2v) is 7.56. The van der Waals surface area contributed by atoms with Gasteiger partial charge in [-0.15, -0.1) is 11.8 Å². The molecule has 4 rings (SSSR count). The zero-order valence-corrected chi connectivity index (χ0v) is 13.7. The Balaban J connectivity index is 1.32. The number of hydrogen-bond acceptors (Lipinski definition) is 6. The number of carbonyl (C=O) groups excluding carboxylic acids is 1. The normalized spacial score (nSPS) is 24.8. The Morgan fingerprint density at radius 1 is 1.30 bits per heavy atom. The Morgan fingerprint density at radius 3 is 3.00 bits per heavy atom. The summed E-state index contributed by atoms with van der Waals surface area (Å²) in [6, 6.07) is 5.66. The average molecular weight is 335 g/mol. The summed E-state index contributed by atoms with van der Waals surface area (Å²) in [5, 5.41) is 9.95. The van der Waals surface area contributed by atoms with E-state index >= 15 is 0 Å². The lowest BCUT2D eigenvalue weighted by atomic mass is 10.0. The third kappa shape index (κ3) is 3.13. The van der Waals surface area contributed by atoms with Crippen LogP contribution in [-0.2, 0) is 11.3 Å². The molecule has 3 aliphatic heterocycles. The van der Waals surface area contributed by atoms with Gasteiger partial charge in [0.2, 0.25) is 12.7 Å². The lowest BCUT2D eigenvalue weighted by Crippen LogP contribution is -2.52. The molecule has 0 saturated carbocycles. The smallest absolute Gasteiger partial charge is 0.238 e. The summed E-state index contributed by atoms with van der Waals surface area (Å²) in [4.78, 5) is 12.5. The minimum atomic E-state index is -0.105. The van der Waals surface area contributed by atoms with Gasteiger partial charge in [0.25, 0.3) is 0 Å². The van der Waals surface area contributed by atoms with Crippen molar-refractivity contribution in [2.24, 2.45) is 0 Å². The van der Waals surface area contributed by atoms with Crippen LogP contribution in [0.2, 0.25) is 0 Å². The van der Waals surface area contributed by atoms with Crippen molar-refractivity contribution >= 4 is 17.7 Å². The Labute approximate surface area is 139 Å². The van der Waals surface area contributed by atoms with Crippen molar-refractivity contribution in [1.82, 2.24) is 16.0 Å². The molecule has 3 heterocycles. The molecule has 1 spiro atoms. The summed E-state index contributed by atoms with van der Waals surface area (Å²) in [6.45, 7) is 2.81. The van der Waals surface area contributed by atoms with Gasteiger partial charge in [-0.25, -0.2) is 0 Å². The van der Waals surface area contributed by atoms with E-state index in [9.17, 15) is 4.79 Å². The van der Waals surface area contributed by atoms with E-state index in [0.29, 0.717) is 6.54 Å². The van der Waals surface area contributed by atoms with Gasteiger partial charge in [-0.3, -0.25) is 10.1 Å². The molecule has 23 heavy (non-hydrogen) atoms. The predicted octanol–water partition coefficient (Wildman–Crippen LogP) is 0.816. The van der Waals surface area contributed by atoms with Crippen molar-refractivity contribution in [3.63, 3.8) is 0 Å². The number of nitrogens with one attached hydrogen (secondary N) is 3.